The van der Waals surface area contributed by atoms with Gasteiger partial charge in [-0.15, -0.1) is 0 Å². The van der Waals surface area contributed by atoms with E-state index in [9.17, 15) is 4.39 Å². The number of rotatable bonds is 3. The van der Waals surface area contributed by atoms with Crippen LogP contribution < -0.4 is 5.32 Å². The van der Waals surface area contributed by atoms with Crippen LogP contribution in [0.25, 0.3) is 0 Å². The van der Waals surface area contributed by atoms with E-state index in [-0.39, 0.29) is 16.9 Å². The zero-order valence-electron chi connectivity index (χ0n) is 11.1. The van der Waals surface area contributed by atoms with Gasteiger partial charge in [0.25, 0.3) is 0 Å². The number of halogens is 3. The molecule has 1 fully saturated rings. The SMILES string of the molecule is CNC(c1ccc(Br)c(Cl)c1F)C1(C)CCCCO1. The van der Waals surface area contributed by atoms with Crippen LogP contribution >= 0.6 is 27.5 Å². The molecule has 1 N–H and O–H groups in total. The molecule has 0 bridgehead atoms. The average Bonchev–Trinajstić information content (AvgIpc) is 2.40. The van der Waals surface area contributed by atoms with Crippen LogP contribution in [0.1, 0.15) is 37.8 Å². The van der Waals surface area contributed by atoms with E-state index in [0.29, 0.717) is 10.0 Å². The van der Waals surface area contributed by atoms with Crippen LogP contribution in [0, 0.1) is 5.82 Å². The third kappa shape index (κ3) is 2.97. The third-order valence-corrected chi connectivity index (χ3v) is 5.03. The Labute approximate surface area is 126 Å². The molecule has 0 saturated carbocycles. The Kier molecular flexibility index (Phi) is 4.88. The first-order valence-corrected chi connectivity index (χ1v) is 7.61. The van der Waals surface area contributed by atoms with E-state index >= 15 is 0 Å². The Balaban J connectivity index is 2.39. The van der Waals surface area contributed by atoms with Crippen LogP contribution in [-0.4, -0.2) is 19.3 Å². The highest BCUT2D eigenvalue weighted by Gasteiger charge is 2.38. The first kappa shape index (κ1) is 15.2. The summed E-state index contributed by atoms with van der Waals surface area (Å²) in [7, 11) is 1.82. The van der Waals surface area contributed by atoms with Crippen LogP contribution in [0.2, 0.25) is 5.02 Å². The fourth-order valence-corrected chi connectivity index (χ4v) is 3.22. The molecule has 19 heavy (non-hydrogen) atoms. The van der Waals surface area contributed by atoms with Crippen LogP contribution in [0.3, 0.4) is 0 Å². The molecule has 0 radical (unpaired) electrons. The maximum Gasteiger partial charge on any atom is 0.147 e. The summed E-state index contributed by atoms with van der Waals surface area (Å²) in [5.41, 5.74) is 0.158. The topological polar surface area (TPSA) is 21.3 Å². The standard InChI is InChI=1S/C14H18BrClFNO/c1-14(7-3-4-8-19-14)13(18-2)9-5-6-10(15)11(16)12(9)17/h5-6,13,18H,3-4,7-8H2,1-2H3. The van der Waals surface area contributed by atoms with Gasteiger partial charge in [0.2, 0.25) is 0 Å². The highest BCUT2D eigenvalue weighted by molar-refractivity contribution is 9.10. The zero-order valence-corrected chi connectivity index (χ0v) is 13.4. The molecule has 0 aromatic heterocycles. The quantitative estimate of drug-likeness (QED) is 0.813. The molecule has 2 rings (SSSR count). The fraction of sp³-hybridized carbons (Fsp3) is 0.571. The van der Waals surface area contributed by atoms with Crippen molar-refractivity contribution in [3.63, 3.8) is 0 Å². The Morgan fingerprint density at radius 1 is 1.47 bits per heavy atom. The molecule has 1 heterocycles. The lowest BCUT2D eigenvalue weighted by atomic mass is 9.84. The summed E-state index contributed by atoms with van der Waals surface area (Å²) in [6.07, 6.45) is 3.07. The maximum absolute atomic E-state index is 14.4. The minimum Gasteiger partial charge on any atom is -0.373 e. The molecule has 0 aliphatic carbocycles. The molecule has 5 heteroatoms. The Hall–Kier alpha value is -0.160. The lowest BCUT2D eigenvalue weighted by Crippen LogP contribution is -2.45. The molecule has 1 aliphatic heterocycles. The summed E-state index contributed by atoms with van der Waals surface area (Å²) in [6, 6.07) is 3.32. The van der Waals surface area contributed by atoms with Crippen molar-refractivity contribution in [1.29, 1.82) is 0 Å². The molecule has 2 atom stereocenters. The lowest BCUT2D eigenvalue weighted by molar-refractivity contribution is -0.0890. The molecule has 106 valence electrons. The van der Waals surface area contributed by atoms with Crippen molar-refractivity contribution in [3.8, 4) is 0 Å². The molecule has 1 aromatic carbocycles. The summed E-state index contributed by atoms with van der Waals surface area (Å²) in [6.45, 7) is 2.75. The van der Waals surface area contributed by atoms with Gasteiger partial charge in [-0.1, -0.05) is 17.7 Å². The first-order valence-electron chi connectivity index (χ1n) is 6.44. The molecule has 1 saturated heterocycles. The van der Waals surface area contributed by atoms with Gasteiger partial charge in [-0.05, 0) is 55.2 Å². The van der Waals surface area contributed by atoms with E-state index in [4.69, 9.17) is 16.3 Å². The van der Waals surface area contributed by atoms with Crippen molar-refractivity contribution in [2.75, 3.05) is 13.7 Å². The molecular formula is C14H18BrClFNO. The Morgan fingerprint density at radius 3 is 2.79 bits per heavy atom. The van der Waals surface area contributed by atoms with Gasteiger partial charge in [0, 0.05) is 16.6 Å². The second kappa shape index (κ2) is 6.08. The van der Waals surface area contributed by atoms with Gasteiger partial charge in [0.15, 0.2) is 0 Å². The predicted octanol–water partition coefficient (Wildman–Crippen LogP) is 4.46. The highest BCUT2D eigenvalue weighted by atomic mass is 79.9. The minimum absolute atomic E-state index is 0.122. The van der Waals surface area contributed by atoms with Crippen LogP contribution in [-0.2, 0) is 4.74 Å². The smallest absolute Gasteiger partial charge is 0.147 e. The minimum atomic E-state index is -0.398. The van der Waals surface area contributed by atoms with E-state index in [1.165, 1.54) is 0 Å². The van der Waals surface area contributed by atoms with E-state index in [1.807, 2.05) is 14.0 Å². The number of hydrogen-bond acceptors (Lipinski definition) is 2. The highest BCUT2D eigenvalue weighted by Crippen LogP contribution is 2.39. The molecule has 0 amide bonds. The summed E-state index contributed by atoms with van der Waals surface area (Å²) >= 11 is 9.21. The van der Waals surface area contributed by atoms with E-state index in [0.717, 1.165) is 25.9 Å². The predicted molar refractivity (Wildman–Crippen MR) is 79.1 cm³/mol. The number of benzene rings is 1. The number of likely N-dealkylation sites (N-methyl/N-ethyl adjacent to an activating group) is 1. The van der Waals surface area contributed by atoms with Gasteiger partial charge < -0.3 is 10.1 Å². The van der Waals surface area contributed by atoms with Gasteiger partial charge in [0.05, 0.1) is 16.7 Å². The Bertz CT molecular complexity index is 463. The molecule has 1 aromatic rings. The summed E-state index contributed by atoms with van der Waals surface area (Å²) in [5, 5.41) is 3.30. The van der Waals surface area contributed by atoms with Crippen molar-refractivity contribution in [2.24, 2.45) is 0 Å². The van der Waals surface area contributed by atoms with Gasteiger partial charge in [-0.3, -0.25) is 0 Å². The molecule has 2 unspecified atom stereocenters. The van der Waals surface area contributed by atoms with Crippen LogP contribution in [0.4, 0.5) is 4.39 Å². The van der Waals surface area contributed by atoms with Crippen molar-refractivity contribution < 1.29 is 9.13 Å². The summed E-state index contributed by atoms with van der Waals surface area (Å²) in [4.78, 5) is 0. The number of ether oxygens (including phenoxy) is 1. The average molecular weight is 351 g/mol. The number of nitrogens with one attached hydrogen (secondary N) is 1. The second-order valence-electron chi connectivity index (χ2n) is 5.10. The molecule has 0 spiro atoms. The summed E-state index contributed by atoms with van der Waals surface area (Å²) < 4.78 is 20.9. The van der Waals surface area contributed by atoms with Gasteiger partial charge in [-0.2, -0.15) is 0 Å². The molecule has 2 nitrogen and oxygen atoms in total. The van der Waals surface area contributed by atoms with Gasteiger partial charge in [-0.25, -0.2) is 4.39 Å². The van der Waals surface area contributed by atoms with Crippen molar-refractivity contribution >= 4 is 27.5 Å². The zero-order chi connectivity index (χ0) is 14.0. The maximum atomic E-state index is 14.4. The van der Waals surface area contributed by atoms with Gasteiger partial charge in [0.1, 0.15) is 5.82 Å². The molecular weight excluding hydrogens is 333 g/mol. The second-order valence-corrected chi connectivity index (χ2v) is 6.34. The van der Waals surface area contributed by atoms with Gasteiger partial charge >= 0.3 is 0 Å². The largest absolute Gasteiger partial charge is 0.373 e. The lowest BCUT2D eigenvalue weighted by Gasteiger charge is -2.41. The number of hydrogen-bond donors (Lipinski definition) is 1. The first-order chi connectivity index (χ1) is 8.99. The van der Waals surface area contributed by atoms with Crippen molar-refractivity contribution in [1.82, 2.24) is 5.32 Å². The third-order valence-electron chi connectivity index (χ3n) is 3.77. The van der Waals surface area contributed by atoms with Crippen molar-refractivity contribution in [3.05, 3.63) is 33.0 Å². The Morgan fingerprint density at radius 2 is 2.21 bits per heavy atom. The van der Waals surface area contributed by atoms with E-state index < -0.39 is 5.60 Å². The van der Waals surface area contributed by atoms with E-state index in [1.54, 1.807) is 12.1 Å². The monoisotopic (exact) mass is 349 g/mol. The fourth-order valence-electron chi connectivity index (χ4n) is 2.74. The molecule has 1 aliphatic rings. The van der Waals surface area contributed by atoms with Crippen LogP contribution in [0.15, 0.2) is 16.6 Å². The normalized spacial score (nSPS) is 25.3. The van der Waals surface area contributed by atoms with Crippen molar-refractivity contribution in [2.45, 2.75) is 37.8 Å². The summed E-state index contributed by atoms with van der Waals surface area (Å²) in [5.74, 6) is -0.384. The van der Waals surface area contributed by atoms with E-state index in [2.05, 4.69) is 21.2 Å². The van der Waals surface area contributed by atoms with Crippen LogP contribution in [0.5, 0.6) is 0 Å².